The van der Waals surface area contributed by atoms with Gasteiger partial charge in [0.2, 0.25) is 0 Å². The van der Waals surface area contributed by atoms with Gasteiger partial charge < -0.3 is 5.73 Å². The fourth-order valence-electron chi connectivity index (χ4n) is 1.97. The Morgan fingerprint density at radius 2 is 1.88 bits per heavy atom. The molecule has 3 aromatic heterocycles. The van der Waals surface area contributed by atoms with E-state index in [0.717, 1.165) is 21.4 Å². The van der Waals surface area contributed by atoms with Gasteiger partial charge in [-0.3, -0.25) is 0 Å². The number of anilines is 1. The standard InChI is InChI=1S/C10H5N3S3/c11-6-3-5-8-7(12-16-13-8)4-1-2-14-9(4)10(5)15-6/h1-3H,11H2. The molecule has 0 unspecified atom stereocenters. The van der Waals surface area contributed by atoms with Crippen LogP contribution in [0.1, 0.15) is 0 Å². The molecule has 6 heteroatoms. The quantitative estimate of drug-likeness (QED) is 0.526. The first-order valence-electron chi connectivity index (χ1n) is 4.65. The molecule has 0 atom stereocenters. The van der Waals surface area contributed by atoms with E-state index in [9.17, 15) is 0 Å². The first kappa shape index (κ1) is 8.86. The second kappa shape index (κ2) is 2.91. The van der Waals surface area contributed by atoms with Gasteiger partial charge in [-0.25, -0.2) is 0 Å². The van der Waals surface area contributed by atoms with E-state index in [2.05, 4.69) is 20.2 Å². The van der Waals surface area contributed by atoms with Gasteiger partial charge in [0.1, 0.15) is 11.0 Å². The van der Waals surface area contributed by atoms with E-state index in [0.29, 0.717) is 0 Å². The highest BCUT2D eigenvalue weighted by Crippen LogP contribution is 2.41. The molecule has 0 bridgehead atoms. The number of aromatic nitrogens is 2. The van der Waals surface area contributed by atoms with Gasteiger partial charge >= 0.3 is 0 Å². The smallest absolute Gasteiger partial charge is 0.114 e. The number of hydrogen-bond acceptors (Lipinski definition) is 6. The fraction of sp³-hybridized carbons (Fsp3) is 0. The van der Waals surface area contributed by atoms with Crippen LogP contribution >= 0.6 is 34.4 Å². The summed E-state index contributed by atoms with van der Waals surface area (Å²) in [5, 5.41) is 5.27. The molecule has 3 nitrogen and oxygen atoms in total. The molecule has 0 amide bonds. The first-order chi connectivity index (χ1) is 7.84. The highest BCUT2D eigenvalue weighted by atomic mass is 32.1. The van der Waals surface area contributed by atoms with Crippen molar-refractivity contribution in [2.75, 3.05) is 5.73 Å². The third-order valence-corrected chi connectivity index (χ3v) is 5.19. The van der Waals surface area contributed by atoms with Gasteiger partial charge in [-0.1, -0.05) is 0 Å². The van der Waals surface area contributed by atoms with E-state index in [1.807, 2.05) is 6.07 Å². The molecule has 4 aromatic rings. The Morgan fingerprint density at radius 1 is 1.06 bits per heavy atom. The predicted octanol–water partition coefficient (Wildman–Crippen LogP) is 3.70. The van der Waals surface area contributed by atoms with Crippen LogP contribution in [-0.4, -0.2) is 8.75 Å². The summed E-state index contributed by atoms with van der Waals surface area (Å²) in [6.45, 7) is 0. The van der Waals surface area contributed by atoms with Gasteiger partial charge in [-0.2, -0.15) is 8.75 Å². The van der Waals surface area contributed by atoms with E-state index in [1.165, 1.54) is 26.5 Å². The summed E-state index contributed by atoms with van der Waals surface area (Å²) in [6, 6.07) is 4.11. The van der Waals surface area contributed by atoms with Crippen molar-refractivity contribution in [1.82, 2.24) is 8.75 Å². The van der Waals surface area contributed by atoms with Crippen molar-refractivity contribution in [3.63, 3.8) is 0 Å². The van der Waals surface area contributed by atoms with Crippen LogP contribution in [0.5, 0.6) is 0 Å². The zero-order valence-electron chi connectivity index (χ0n) is 7.93. The van der Waals surface area contributed by atoms with Gasteiger partial charge in [0.15, 0.2) is 0 Å². The largest absolute Gasteiger partial charge is 0.391 e. The molecule has 16 heavy (non-hydrogen) atoms. The summed E-state index contributed by atoms with van der Waals surface area (Å²) in [5.41, 5.74) is 7.88. The van der Waals surface area contributed by atoms with Crippen LogP contribution < -0.4 is 5.73 Å². The average molecular weight is 263 g/mol. The summed E-state index contributed by atoms with van der Waals surface area (Å²) in [4.78, 5) is 0. The summed E-state index contributed by atoms with van der Waals surface area (Å²) in [6.07, 6.45) is 0. The number of nitrogen functional groups attached to an aromatic ring is 1. The number of fused-ring (bicyclic) bond motifs is 6. The molecular formula is C10H5N3S3. The lowest BCUT2D eigenvalue weighted by atomic mass is 10.2. The summed E-state index contributed by atoms with van der Waals surface area (Å²) in [7, 11) is 0. The van der Waals surface area contributed by atoms with Crippen LogP contribution in [0.2, 0.25) is 0 Å². The molecular weight excluding hydrogens is 258 g/mol. The third kappa shape index (κ3) is 0.965. The molecule has 4 rings (SSSR count). The Morgan fingerprint density at radius 3 is 2.75 bits per heavy atom. The lowest BCUT2D eigenvalue weighted by Gasteiger charge is -1.93. The van der Waals surface area contributed by atoms with Crippen molar-refractivity contribution in [1.29, 1.82) is 0 Å². The van der Waals surface area contributed by atoms with Crippen LogP contribution in [0.25, 0.3) is 31.2 Å². The number of rotatable bonds is 0. The number of nitrogens with two attached hydrogens (primary N) is 1. The van der Waals surface area contributed by atoms with Crippen LogP contribution in [-0.2, 0) is 0 Å². The molecule has 0 radical (unpaired) electrons. The monoisotopic (exact) mass is 263 g/mol. The first-order valence-corrected chi connectivity index (χ1v) is 7.07. The highest BCUT2D eigenvalue weighted by Gasteiger charge is 2.14. The van der Waals surface area contributed by atoms with Crippen LogP contribution in [0.15, 0.2) is 17.5 Å². The molecule has 0 spiro atoms. The van der Waals surface area contributed by atoms with Crippen LogP contribution in [0, 0.1) is 0 Å². The van der Waals surface area contributed by atoms with Crippen molar-refractivity contribution < 1.29 is 0 Å². The lowest BCUT2D eigenvalue weighted by molar-refractivity contribution is 1.72. The van der Waals surface area contributed by atoms with Crippen molar-refractivity contribution in [3.05, 3.63) is 17.5 Å². The third-order valence-electron chi connectivity index (χ3n) is 2.62. The van der Waals surface area contributed by atoms with Crippen LogP contribution in [0.3, 0.4) is 0 Å². The molecule has 1 aromatic carbocycles. The second-order valence-electron chi connectivity index (χ2n) is 3.52. The van der Waals surface area contributed by atoms with Crippen molar-refractivity contribution >= 4 is 70.6 Å². The molecule has 0 aliphatic carbocycles. The molecule has 0 saturated heterocycles. The van der Waals surface area contributed by atoms with Gasteiger partial charge in [0, 0.05) is 10.8 Å². The molecule has 0 aliphatic rings. The minimum absolute atomic E-state index is 0.838. The summed E-state index contributed by atoms with van der Waals surface area (Å²) >= 11 is 4.63. The molecule has 0 saturated carbocycles. The van der Waals surface area contributed by atoms with E-state index in [4.69, 9.17) is 5.73 Å². The minimum atomic E-state index is 0.838. The van der Waals surface area contributed by atoms with Gasteiger partial charge in [0.05, 0.1) is 26.1 Å². The maximum atomic E-state index is 5.89. The van der Waals surface area contributed by atoms with Crippen molar-refractivity contribution in [2.24, 2.45) is 0 Å². The molecule has 0 fully saturated rings. The summed E-state index contributed by atoms with van der Waals surface area (Å²) in [5.74, 6) is 0. The Hall–Kier alpha value is -1.24. The Balaban J connectivity index is 2.50. The molecule has 78 valence electrons. The SMILES string of the molecule is Nc1cc2c3nsnc3c3ccsc3c2s1. The number of thiophene rings is 2. The zero-order valence-corrected chi connectivity index (χ0v) is 10.4. The number of hydrogen-bond donors (Lipinski definition) is 1. The van der Waals surface area contributed by atoms with E-state index < -0.39 is 0 Å². The second-order valence-corrected chi connectivity index (χ2v) is 6.04. The van der Waals surface area contributed by atoms with Crippen molar-refractivity contribution in [2.45, 2.75) is 0 Å². The topological polar surface area (TPSA) is 51.8 Å². The van der Waals surface area contributed by atoms with Gasteiger partial charge in [0.25, 0.3) is 0 Å². The van der Waals surface area contributed by atoms with Gasteiger partial charge in [-0.05, 0) is 17.5 Å². The zero-order chi connectivity index (χ0) is 10.7. The highest BCUT2D eigenvalue weighted by molar-refractivity contribution is 7.28. The fourth-order valence-corrected chi connectivity index (χ4v) is 4.54. The Kier molecular flexibility index (Phi) is 1.61. The van der Waals surface area contributed by atoms with E-state index in [-0.39, 0.29) is 0 Å². The molecule has 0 aliphatic heterocycles. The predicted molar refractivity (Wildman–Crippen MR) is 72.6 cm³/mol. The Bertz CT molecular complexity index is 756. The molecule has 2 N–H and O–H groups in total. The minimum Gasteiger partial charge on any atom is -0.391 e. The van der Waals surface area contributed by atoms with Crippen LogP contribution in [0.4, 0.5) is 5.00 Å². The maximum Gasteiger partial charge on any atom is 0.114 e. The molecule has 3 heterocycles. The lowest BCUT2D eigenvalue weighted by Crippen LogP contribution is -1.74. The maximum absolute atomic E-state index is 5.89. The average Bonchev–Trinajstić information content (AvgIpc) is 2.91. The number of benzene rings is 1. The van der Waals surface area contributed by atoms with Gasteiger partial charge in [-0.15, -0.1) is 22.7 Å². The summed E-state index contributed by atoms with van der Waals surface area (Å²) < 4.78 is 11.3. The van der Waals surface area contributed by atoms with Crippen molar-refractivity contribution in [3.8, 4) is 0 Å². The van der Waals surface area contributed by atoms with E-state index in [1.54, 1.807) is 22.7 Å². The Labute approximate surface area is 102 Å². The number of nitrogens with zero attached hydrogens (tertiary/aromatic N) is 2. The van der Waals surface area contributed by atoms with E-state index >= 15 is 0 Å². The normalized spacial score (nSPS) is 12.0.